The van der Waals surface area contributed by atoms with Gasteiger partial charge in [0.2, 0.25) is 0 Å². The minimum absolute atomic E-state index is 0.0469. The van der Waals surface area contributed by atoms with Crippen LogP contribution >= 0.6 is 0 Å². The lowest BCUT2D eigenvalue weighted by molar-refractivity contribution is 0.00749. The van der Waals surface area contributed by atoms with Gasteiger partial charge in [-0.3, -0.25) is 9.59 Å². The number of methoxy groups -OCH3 is 1. The van der Waals surface area contributed by atoms with Crippen LogP contribution in [0.1, 0.15) is 99.9 Å². The third-order valence-electron chi connectivity index (χ3n) is 9.36. The van der Waals surface area contributed by atoms with Crippen molar-refractivity contribution in [3.8, 4) is 16.9 Å². The van der Waals surface area contributed by atoms with Crippen LogP contribution in [0.25, 0.3) is 11.1 Å². The number of carbonyl (C=O) groups is 3. The van der Waals surface area contributed by atoms with Gasteiger partial charge in [0.1, 0.15) is 17.2 Å². The summed E-state index contributed by atoms with van der Waals surface area (Å²) in [6.07, 6.45) is 3.70. The Labute approximate surface area is 297 Å². The van der Waals surface area contributed by atoms with Gasteiger partial charge >= 0.3 is 6.09 Å². The minimum atomic E-state index is -0.623. The van der Waals surface area contributed by atoms with Crippen LogP contribution < -0.4 is 4.74 Å². The van der Waals surface area contributed by atoms with Crippen LogP contribution in [0.4, 0.5) is 9.18 Å². The van der Waals surface area contributed by atoms with Crippen LogP contribution in [0.5, 0.6) is 5.75 Å². The molecule has 0 unspecified atom stereocenters. The summed E-state index contributed by atoms with van der Waals surface area (Å²) < 4.78 is 38.3. The van der Waals surface area contributed by atoms with Crippen molar-refractivity contribution in [2.75, 3.05) is 53.7 Å². The molecule has 0 bridgehead atoms. The molecule has 10 nitrogen and oxygen atoms in total. The average Bonchev–Trinajstić information content (AvgIpc) is 3.09. The topological polar surface area (TPSA) is 97.8 Å². The molecule has 50 heavy (non-hydrogen) atoms. The zero-order valence-electron chi connectivity index (χ0n) is 31.2. The molecule has 0 N–H and O–H groups in total. The van der Waals surface area contributed by atoms with Crippen LogP contribution in [-0.4, -0.2) is 110 Å². The van der Waals surface area contributed by atoms with E-state index in [1.165, 1.54) is 12.1 Å². The molecule has 11 heteroatoms. The van der Waals surface area contributed by atoms with Crippen LogP contribution in [0.3, 0.4) is 0 Å². The van der Waals surface area contributed by atoms with Crippen LogP contribution in [0, 0.1) is 5.82 Å². The summed E-state index contributed by atoms with van der Waals surface area (Å²) in [5.41, 5.74) is 1.65. The first kappa shape index (κ1) is 39.1. The van der Waals surface area contributed by atoms with Crippen LogP contribution in [-0.2, 0) is 20.6 Å². The number of benzene rings is 2. The molecule has 0 aliphatic carbocycles. The van der Waals surface area contributed by atoms with E-state index in [0.29, 0.717) is 68.2 Å². The number of piperidine rings is 1. The van der Waals surface area contributed by atoms with Crippen LogP contribution in [0.15, 0.2) is 30.3 Å². The van der Waals surface area contributed by atoms with E-state index in [9.17, 15) is 14.4 Å². The van der Waals surface area contributed by atoms with Gasteiger partial charge in [0.25, 0.3) is 11.8 Å². The second kappa shape index (κ2) is 17.5. The SMILES string of the molecule is CCc1cc(-c2cc(C(=O)N(C)C3CCOCC3)ccc2F)c(OCCCOC)cc1C(=O)N(C(C)C)[C@@H]1CCCN(C(=O)OC(C)(C)C)C1. The van der Waals surface area contributed by atoms with Gasteiger partial charge in [0.05, 0.1) is 12.6 Å². The fraction of sp³-hybridized carbons (Fsp3) is 0.615. The third kappa shape index (κ3) is 9.75. The molecule has 2 heterocycles. The fourth-order valence-corrected chi connectivity index (χ4v) is 6.77. The van der Waals surface area contributed by atoms with Gasteiger partial charge in [-0.2, -0.15) is 0 Å². The van der Waals surface area contributed by atoms with Gasteiger partial charge in [-0.1, -0.05) is 6.92 Å². The lowest BCUT2D eigenvalue weighted by atomic mass is 9.93. The molecular weight excluding hydrogens is 641 g/mol. The number of rotatable bonds is 12. The number of halogens is 1. The van der Waals surface area contributed by atoms with E-state index in [0.717, 1.165) is 31.2 Å². The highest BCUT2D eigenvalue weighted by molar-refractivity contribution is 5.99. The molecule has 4 rings (SSSR count). The Morgan fingerprint density at radius 3 is 2.36 bits per heavy atom. The molecular formula is C39H56FN3O7. The molecule has 2 aromatic rings. The Morgan fingerprint density at radius 2 is 1.72 bits per heavy atom. The number of nitrogens with zero attached hydrogens (tertiary/aromatic N) is 3. The third-order valence-corrected chi connectivity index (χ3v) is 9.36. The highest BCUT2D eigenvalue weighted by Crippen LogP contribution is 2.37. The summed E-state index contributed by atoms with van der Waals surface area (Å²) in [7, 11) is 3.39. The minimum Gasteiger partial charge on any atom is -0.493 e. The molecule has 2 aliphatic rings. The zero-order chi connectivity index (χ0) is 36.6. The van der Waals surface area contributed by atoms with Crippen molar-refractivity contribution in [1.82, 2.24) is 14.7 Å². The van der Waals surface area contributed by atoms with E-state index in [1.807, 2.05) is 52.5 Å². The monoisotopic (exact) mass is 697 g/mol. The Kier molecular flexibility index (Phi) is 13.7. The first-order chi connectivity index (χ1) is 23.7. The first-order valence-electron chi connectivity index (χ1n) is 18.0. The molecule has 276 valence electrons. The van der Waals surface area contributed by atoms with Gasteiger partial charge in [-0.25, -0.2) is 9.18 Å². The summed E-state index contributed by atoms with van der Waals surface area (Å²) in [6, 6.07) is 7.63. The van der Waals surface area contributed by atoms with Crippen molar-refractivity contribution in [2.45, 2.75) is 104 Å². The van der Waals surface area contributed by atoms with Gasteiger partial charge in [-0.15, -0.1) is 0 Å². The van der Waals surface area contributed by atoms with E-state index in [1.54, 1.807) is 36.1 Å². The molecule has 3 amide bonds. The molecule has 0 aromatic heterocycles. The number of amides is 3. The Bertz CT molecular complexity index is 1480. The van der Waals surface area contributed by atoms with Crippen LogP contribution in [0.2, 0.25) is 0 Å². The van der Waals surface area contributed by atoms with Gasteiger partial charge in [0, 0.05) is 87.8 Å². The molecule has 1 atom stereocenters. The smallest absolute Gasteiger partial charge is 0.410 e. The first-order valence-corrected chi connectivity index (χ1v) is 18.0. The number of carbonyl (C=O) groups excluding carboxylic acids is 3. The largest absolute Gasteiger partial charge is 0.493 e. The summed E-state index contributed by atoms with van der Waals surface area (Å²) >= 11 is 0. The number of hydrogen-bond donors (Lipinski definition) is 0. The van der Waals surface area contributed by atoms with Gasteiger partial charge < -0.3 is 33.6 Å². The highest BCUT2D eigenvalue weighted by atomic mass is 19.1. The summed E-state index contributed by atoms with van der Waals surface area (Å²) in [6.45, 7) is 14.3. The predicted molar refractivity (Wildman–Crippen MR) is 191 cm³/mol. The van der Waals surface area contributed by atoms with E-state index < -0.39 is 11.4 Å². The summed E-state index contributed by atoms with van der Waals surface area (Å²) in [5.74, 6) is -0.510. The van der Waals surface area contributed by atoms with Gasteiger partial charge in [0.15, 0.2) is 0 Å². The number of hydrogen-bond acceptors (Lipinski definition) is 7. The maximum atomic E-state index is 15.7. The number of ether oxygens (including phenoxy) is 4. The molecule has 0 radical (unpaired) electrons. The maximum Gasteiger partial charge on any atom is 0.410 e. The van der Waals surface area contributed by atoms with Crippen molar-refractivity contribution < 1.29 is 37.7 Å². The Hall–Kier alpha value is -3.70. The van der Waals surface area contributed by atoms with E-state index in [4.69, 9.17) is 18.9 Å². The van der Waals surface area contributed by atoms with Crippen molar-refractivity contribution >= 4 is 17.9 Å². The molecule has 2 aliphatic heterocycles. The second-order valence-corrected chi connectivity index (χ2v) is 14.5. The van der Waals surface area contributed by atoms with Crippen molar-refractivity contribution in [3.63, 3.8) is 0 Å². The molecule has 0 spiro atoms. The lowest BCUT2D eigenvalue weighted by Gasteiger charge is -2.42. The Balaban J connectivity index is 1.72. The predicted octanol–water partition coefficient (Wildman–Crippen LogP) is 6.97. The highest BCUT2D eigenvalue weighted by Gasteiger charge is 2.35. The van der Waals surface area contributed by atoms with E-state index >= 15 is 4.39 Å². The fourth-order valence-electron chi connectivity index (χ4n) is 6.77. The molecule has 2 aromatic carbocycles. The lowest BCUT2D eigenvalue weighted by Crippen LogP contribution is -2.54. The Morgan fingerprint density at radius 1 is 1.00 bits per heavy atom. The zero-order valence-corrected chi connectivity index (χ0v) is 31.2. The standard InChI is InChI=1S/C39H56FN3O7/c1-9-27-22-33(32-23-28(13-14-34(32)40)36(44)41(7)29-15-20-48-21-16-29)35(49-19-11-18-47-8)24-31(27)37(45)43(26(2)3)30-12-10-17-42(25-30)38(46)50-39(4,5)6/h13-14,22-24,26,29-30H,9-12,15-21,25H2,1-8H3/t30-/m1/s1. The second-order valence-electron chi connectivity index (χ2n) is 14.5. The normalized spacial score (nSPS) is 17.1. The van der Waals surface area contributed by atoms with Crippen molar-refractivity contribution in [2.24, 2.45) is 0 Å². The van der Waals surface area contributed by atoms with E-state index in [-0.39, 0.29) is 48.2 Å². The average molecular weight is 698 g/mol. The number of aryl methyl sites for hydroxylation is 1. The summed E-state index contributed by atoms with van der Waals surface area (Å²) in [5, 5.41) is 0. The molecule has 2 fully saturated rings. The van der Waals surface area contributed by atoms with Crippen molar-refractivity contribution in [3.05, 3.63) is 52.8 Å². The van der Waals surface area contributed by atoms with E-state index in [2.05, 4.69) is 0 Å². The maximum absolute atomic E-state index is 15.7. The molecule has 0 saturated carbocycles. The van der Waals surface area contributed by atoms with Crippen molar-refractivity contribution in [1.29, 1.82) is 0 Å². The molecule has 2 saturated heterocycles. The quantitative estimate of drug-likeness (QED) is 0.221. The van der Waals surface area contributed by atoms with Gasteiger partial charge in [-0.05, 0) is 103 Å². The number of likely N-dealkylation sites (tertiary alicyclic amines) is 1. The summed E-state index contributed by atoms with van der Waals surface area (Å²) in [4.78, 5) is 46.4.